The van der Waals surface area contributed by atoms with Gasteiger partial charge in [0.1, 0.15) is 6.04 Å². The summed E-state index contributed by atoms with van der Waals surface area (Å²) in [6.07, 6.45) is 2.58. The normalized spacial score (nSPS) is 12.2. The summed E-state index contributed by atoms with van der Waals surface area (Å²) in [6.45, 7) is 9.38. The van der Waals surface area contributed by atoms with E-state index in [4.69, 9.17) is 11.6 Å². The van der Waals surface area contributed by atoms with Crippen LogP contribution in [0.1, 0.15) is 50.4 Å². The van der Waals surface area contributed by atoms with Gasteiger partial charge in [-0.25, -0.2) is 4.79 Å². The molecule has 2 amide bonds. The molecule has 0 spiro atoms. The Kier molecular flexibility index (Phi) is 7.83. The van der Waals surface area contributed by atoms with E-state index in [9.17, 15) is 19.5 Å². The molecule has 6 nitrogen and oxygen atoms in total. The first-order valence-corrected chi connectivity index (χ1v) is 8.65. The van der Waals surface area contributed by atoms with Crippen LogP contribution in [0.2, 0.25) is 5.02 Å². The molecule has 1 rings (SSSR count). The zero-order valence-electron chi connectivity index (χ0n) is 15.3. The number of amides is 2. The van der Waals surface area contributed by atoms with Gasteiger partial charge in [0.25, 0.3) is 5.91 Å². The molecule has 3 N–H and O–H groups in total. The second-order valence-corrected chi connectivity index (χ2v) is 7.62. The third-order valence-electron chi connectivity index (χ3n) is 3.45. The lowest BCUT2D eigenvalue weighted by molar-refractivity contribution is -0.139. The number of benzene rings is 1. The lowest BCUT2D eigenvalue weighted by Crippen LogP contribution is -2.40. The summed E-state index contributed by atoms with van der Waals surface area (Å²) in [5.41, 5.74) is 0.355. The third kappa shape index (κ3) is 7.27. The molecule has 0 radical (unpaired) electrons. The van der Waals surface area contributed by atoms with E-state index in [2.05, 4.69) is 17.2 Å². The van der Waals surface area contributed by atoms with Gasteiger partial charge < -0.3 is 15.7 Å². The first-order valence-electron chi connectivity index (χ1n) is 8.27. The van der Waals surface area contributed by atoms with Crippen LogP contribution in [0.25, 0.3) is 0 Å². The van der Waals surface area contributed by atoms with E-state index in [1.165, 1.54) is 12.1 Å². The van der Waals surface area contributed by atoms with E-state index in [1.54, 1.807) is 12.1 Å². The number of rotatable bonds is 8. The predicted molar refractivity (Wildman–Crippen MR) is 102 cm³/mol. The van der Waals surface area contributed by atoms with Crippen molar-refractivity contribution in [1.82, 2.24) is 5.32 Å². The first kappa shape index (κ1) is 21.7. The number of allylic oxidation sites excluding steroid dienone is 1. The minimum atomic E-state index is -1.13. The van der Waals surface area contributed by atoms with Crippen molar-refractivity contribution in [2.24, 2.45) is 5.41 Å². The molecule has 142 valence electrons. The van der Waals surface area contributed by atoms with Crippen molar-refractivity contribution in [2.45, 2.75) is 46.1 Å². The Morgan fingerprint density at radius 3 is 2.50 bits per heavy atom. The van der Waals surface area contributed by atoms with Gasteiger partial charge in [0, 0.05) is 12.1 Å². The van der Waals surface area contributed by atoms with Gasteiger partial charge in [-0.1, -0.05) is 38.4 Å². The molecule has 0 saturated heterocycles. The molecule has 0 aliphatic rings. The van der Waals surface area contributed by atoms with Crippen molar-refractivity contribution >= 4 is 35.1 Å². The number of nitrogens with one attached hydrogen (secondary N) is 2. The summed E-state index contributed by atoms with van der Waals surface area (Å²) in [5, 5.41) is 14.5. The molecule has 26 heavy (non-hydrogen) atoms. The second-order valence-electron chi connectivity index (χ2n) is 7.21. The largest absolute Gasteiger partial charge is 0.480 e. The van der Waals surface area contributed by atoms with Crippen molar-refractivity contribution in [3.05, 3.63) is 41.4 Å². The molecule has 0 aromatic heterocycles. The SMILES string of the molecule is C=CCCC(NC(=O)c1cc(NC(=O)CC(C)(C)C)ccc1Cl)C(=O)O. The van der Waals surface area contributed by atoms with E-state index in [1.807, 2.05) is 20.8 Å². The van der Waals surface area contributed by atoms with Gasteiger partial charge in [-0.05, 0) is 36.5 Å². The smallest absolute Gasteiger partial charge is 0.326 e. The molecule has 0 aliphatic carbocycles. The van der Waals surface area contributed by atoms with Crippen LogP contribution in [0.5, 0.6) is 0 Å². The maximum atomic E-state index is 12.4. The minimum Gasteiger partial charge on any atom is -0.480 e. The number of anilines is 1. The Bertz CT molecular complexity index is 695. The van der Waals surface area contributed by atoms with Gasteiger partial charge >= 0.3 is 5.97 Å². The molecular formula is C19H25ClN2O4. The summed E-state index contributed by atoms with van der Waals surface area (Å²) in [6, 6.07) is 3.47. The average molecular weight is 381 g/mol. The number of carboxylic acids is 1. The number of aliphatic carboxylic acids is 1. The highest BCUT2D eigenvalue weighted by Crippen LogP contribution is 2.23. The van der Waals surface area contributed by atoms with Crippen molar-refractivity contribution in [3.8, 4) is 0 Å². The van der Waals surface area contributed by atoms with E-state index in [0.29, 0.717) is 18.5 Å². The second kappa shape index (κ2) is 9.38. The maximum Gasteiger partial charge on any atom is 0.326 e. The molecule has 0 bridgehead atoms. The number of hydrogen-bond donors (Lipinski definition) is 3. The zero-order valence-corrected chi connectivity index (χ0v) is 16.0. The summed E-state index contributed by atoms with van der Waals surface area (Å²) in [7, 11) is 0. The number of carboxylic acid groups (broad SMARTS) is 1. The van der Waals surface area contributed by atoms with Crippen LogP contribution >= 0.6 is 11.6 Å². The van der Waals surface area contributed by atoms with Crippen LogP contribution in [-0.2, 0) is 9.59 Å². The summed E-state index contributed by atoms with van der Waals surface area (Å²) in [4.78, 5) is 35.7. The highest BCUT2D eigenvalue weighted by atomic mass is 35.5. The fourth-order valence-corrected chi connectivity index (χ4v) is 2.45. The Morgan fingerprint density at radius 1 is 1.31 bits per heavy atom. The Hall–Kier alpha value is -2.34. The van der Waals surface area contributed by atoms with Gasteiger partial charge in [0.15, 0.2) is 0 Å². The van der Waals surface area contributed by atoms with Crippen molar-refractivity contribution in [3.63, 3.8) is 0 Å². The number of hydrogen-bond acceptors (Lipinski definition) is 3. The van der Waals surface area contributed by atoms with Crippen molar-refractivity contribution in [2.75, 3.05) is 5.32 Å². The van der Waals surface area contributed by atoms with Crippen molar-refractivity contribution in [1.29, 1.82) is 0 Å². The maximum absolute atomic E-state index is 12.4. The molecule has 0 saturated carbocycles. The minimum absolute atomic E-state index is 0.102. The van der Waals surface area contributed by atoms with Gasteiger partial charge in [0.2, 0.25) is 5.91 Å². The number of halogens is 1. The zero-order chi connectivity index (χ0) is 19.9. The van der Waals surface area contributed by atoms with Crippen LogP contribution in [-0.4, -0.2) is 28.9 Å². The lowest BCUT2D eigenvalue weighted by atomic mass is 9.92. The Labute approximate surface area is 158 Å². The van der Waals surface area contributed by atoms with E-state index < -0.39 is 17.9 Å². The molecule has 1 atom stereocenters. The fourth-order valence-electron chi connectivity index (χ4n) is 2.24. The Balaban J connectivity index is 2.91. The molecular weight excluding hydrogens is 356 g/mol. The summed E-state index contributed by atoms with van der Waals surface area (Å²) >= 11 is 6.06. The van der Waals surface area contributed by atoms with Crippen LogP contribution in [0.4, 0.5) is 5.69 Å². The molecule has 1 unspecified atom stereocenters. The predicted octanol–water partition coefficient (Wildman–Crippen LogP) is 3.86. The van der Waals surface area contributed by atoms with Crippen LogP contribution in [0.3, 0.4) is 0 Å². The monoisotopic (exact) mass is 380 g/mol. The number of carbonyl (C=O) groups excluding carboxylic acids is 2. The molecule has 1 aromatic carbocycles. The van der Waals surface area contributed by atoms with E-state index in [-0.39, 0.29) is 28.3 Å². The van der Waals surface area contributed by atoms with Gasteiger partial charge in [-0.3, -0.25) is 9.59 Å². The molecule has 7 heteroatoms. The fraction of sp³-hybridized carbons (Fsp3) is 0.421. The van der Waals surface area contributed by atoms with Gasteiger partial charge in [-0.15, -0.1) is 6.58 Å². The van der Waals surface area contributed by atoms with Crippen LogP contribution in [0.15, 0.2) is 30.9 Å². The van der Waals surface area contributed by atoms with Gasteiger partial charge in [-0.2, -0.15) is 0 Å². The standard InChI is InChI=1S/C19H25ClN2O4/c1-5-6-7-15(18(25)26)22-17(24)13-10-12(8-9-14(13)20)21-16(23)11-19(2,3)4/h5,8-10,15H,1,6-7,11H2,2-4H3,(H,21,23)(H,22,24)(H,25,26). The van der Waals surface area contributed by atoms with E-state index >= 15 is 0 Å². The third-order valence-corrected chi connectivity index (χ3v) is 3.78. The Morgan fingerprint density at radius 2 is 1.96 bits per heavy atom. The highest BCUT2D eigenvalue weighted by molar-refractivity contribution is 6.34. The molecule has 0 fully saturated rings. The topological polar surface area (TPSA) is 95.5 Å². The van der Waals surface area contributed by atoms with Crippen LogP contribution < -0.4 is 10.6 Å². The number of carbonyl (C=O) groups is 3. The highest BCUT2D eigenvalue weighted by Gasteiger charge is 2.22. The average Bonchev–Trinajstić information content (AvgIpc) is 2.50. The summed E-state index contributed by atoms with van der Waals surface area (Å²) < 4.78 is 0. The first-order chi connectivity index (χ1) is 12.0. The van der Waals surface area contributed by atoms with Crippen LogP contribution in [0, 0.1) is 5.41 Å². The van der Waals surface area contributed by atoms with Gasteiger partial charge in [0.05, 0.1) is 10.6 Å². The molecule has 0 aliphatic heterocycles. The summed E-state index contributed by atoms with van der Waals surface area (Å²) in [5.74, 6) is -1.93. The molecule has 1 aromatic rings. The van der Waals surface area contributed by atoms with Crippen molar-refractivity contribution < 1.29 is 19.5 Å². The molecule has 0 heterocycles. The quantitative estimate of drug-likeness (QED) is 0.596. The lowest BCUT2D eigenvalue weighted by Gasteiger charge is -2.18. The van der Waals surface area contributed by atoms with E-state index in [0.717, 1.165) is 0 Å².